The van der Waals surface area contributed by atoms with E-state index in [1.807, 2.05) is 32.0 Å². The molecule has 0 amide bonds. The van der Waals surface area contributed by atoms with Crippen LogP contribution in [0.15, 0.2) is 30.4 Å². The highest BCUT2D eigenvalue weighted by Crippen LogP contribution is 2.25. The minimum Gasteiger partial charge on any atom is -0.489 e. The molecule has 0 aliphatic rings. The van der Waals surface area contributed by atoms with Crippen LogP contribution < -0.4 is 4.74 Å². The summed E-state index contributed by atoms with van der Waals surface area (Å²) in [5, 5.41) is 0.735. The van der Waals surface area contributed by atoms with E-state index in [-0.39, 0.29) is 0 Å². The summed E-state index contributed by atoms with van der Waals surface area (Å²) in [4.78, 5) is 0. The topological polar surface area (TPSA) is 9.23 Å². The Labute approximate surface area is 84.0 Å². The molecule has 1 aromatic rings. The Hall–Kier alpha value is -0.950. The fourth-order valence-electron chi connectivity index (χ4n) is 0.945. The van der Waals surface area contributed by atoms with Gasteiger partial charge in [0, 0.05) is 10.6 Å². The molecule has 0 aromatic heterocycles. The van der Waals surface area contributed by atoms with E-state index in [0.29, 0.717) is 6.61 Å². The van der Waals surface area contributed by atoms with Gasteiger partial charge >= 0.3 is 0 Å². The highest BCUT2D eigenvalue weighted by molar-refractivity contribution is 6.31. The molecule has 0 spiro atoms. The average Bonchev–Trinajstić information content (AvgIpc) is 2.07. The number of ether oxygens (including phenoxy) is 1. The van der Waals surface area contributed by atoms with Crippen LogP contribution in [0.1, 0.15) is 12.5 Å². The number of rotatable bonds is 3. The molecule has 0 aliphatic carbocycles. The first-order valence-electron chi connectivity index (χ1n) is 4.13. The Kier molecular flexibility index (Phi) is 3.38. The van der Waals surface area contributed by atoms with Gasteiger partial charge in [0.05, 0.1) is 0 Å². The van der Waals surface area contributed by atoms with Crippen LogP contribution in [0.2, 0.25) is 5.02 Å². The van der Waals surface area contributed by atoms with Crippen LogP contribution >= 0.6 is 11.6 Å². The summed E-state index contributed by atoms with van der Waals surface area (Å²) in [5.41, 5.74) is 1.98. The number of hydrogen-bond acceptors (Lipinski definition) is 1. The van der Waals surface area contributed by atoms with Crippen molar-refractivity contribution < 1.29 is 4.74 Å². The molecule has 0 saturated carbocycles. The average molecular weight is 197 g/mol. The standard InChI is InChI=1S/C11H13ClO/c1-8(2)7-13-11-6-4-5-10(12)9(11)3/h4-6H,1,7H2,2-3H3. The van der Waals surface area contributed by atoms with E-state index in [1.165, 1.54) is 0 Å². The molecule has 0 fully saturated rings. The predicted molar refractivity (Wildman–Crippen MR) is 56.5 cm³/mol. The van der Waals surface area contributed by atoms with Gasteiger partial charge in [-0.25, -0.2) is 0 Å². The molecular weight excluding hydrogens is 184 g/mol. The van der Waals surface area contributed by atoms with Crippen LogP contribution in [0.25, 0.3) is 0 Å². The van der Waals surface area contributed by atoms with E-state index >= 15 is 0 Å². The predicted octanol–water partition coefficient (Wildman–Crippen LogP) is 3.60. The molecule has 0 atom stereocenters. The highest BCUT2D eigenvalue weighted by Gasteiger charge is 2.01. The van der Waals surface area contributed by atoms with Crippen LogP contribution in [0.4, 0.5) is 0 Å². The molecule has 0 bridgehead atoms. The van der Waals surface area contributed by atoms with E-state index in [2.05, 4.69) is 6.58 Å². The minimum absolute atomic E-state index is 0.543. The second kappa shape index (κ2) is 4.33. The summed E-state index contributed by atoms with van der Waals surface area (Å²) < 4.78 is 5.50. The summed E-state index contributed by atoms with van der Waals surface area (Å²) in [6.07, 6.45) is 0. The van der Waals surface area contributed by atoms with Gasteiger partial charge in [0.25, 0.3) is 0 Å². The Balaban J connectivity index is 2.77. The van der Waals surface area contributed by atoms with Crippen molar-refractivity contribution in [2.75, 3.05) is 6.61 Å². The molecule has 0 heterocycles. The van der Waals surface area contributed by atoms with Crippen molar-refractivity contribution in [3.8, 4) is 5.75 Å². The first-order chi connectivity index (χ1) is 6.11. The third-order valence-electron chi connectivity index (χ3n) is 1.69. The lowest BCUT2D eigenvalue weighted by molar-refractivity contribution is 0.350. The Bertz CT molecular complexity index is 318. The van der Waals surface area contributed by atoms with E-state index in [0.717, 1.165) is 21.9 Å². The molecule has 0 aliphatic heterocycles. The van der Waals surface area contributed by atoms with Crippen molar-refractivity contribution >= 4 is 11.6 Å². The molecule has 1 nitrogen and oxygen atoms in total. The number of halogens is 1. The largest absolute Gasteiger partial charge is 0.489 e. The van der Waals surface area contributed by atoms with E-state index < -0.39 is 0 Å². The molecule has 0 unspecified atom stereocenters. The Morgan fingerprint density at radius 1 is 1.54 bits per heavy atom. The van der Waals surface area contributed by atoms with Gasteiger partial charge < -0.3 is 4.74 Å². The number of hydrogen-bond donors (Lipinski definition) is 0. The van der Waals surface area contributed by atoms with E-state index in [4.69, 9.17) is 16.3 Å². The zero-order chi connectivity index (χ0) is 9.84. The smallest absolute Gasteiger partial charge is 0.124 e. The van der Waals surface area contributed by atoms with Crippen molar-refractivity contribution in [1.29, 1.82) is 0 Å². The van der Waals surface area contributed by atoms with Crippen LogP contribution in [0, 0.1) is 6.92 Å². The first-order valence-corrected chi connectivity index (χ1v) is 4.51. The van der Waals surface area contributed by atoms with Gasteiger partial charge in [-0.15, -0.1) is 0 Å². The molecule has 1 aromatic carbocycles. The van der Waals surface area contributed by atoms with Gasteiger partial charge in [-0.3, -0.25) is 0 Å². The fourth-order valence-corrected chi connectivity index (χ4v) is 1.11. The zero-order valence-electron chi connectivity index (χ0n) is 7.93. The van der Waals surface area contributed by atoms with Crippen molar-refractivity contribution in [3.05, 3.63) is 40.9 Å². The Morgan fingerprint density at radius 2 is 2.23 bits per heavy atom. The molecule has 2 heteroatoms. The molecule has 0 saturated heterocycles. The molecule has 70 valence electrons. The third-order valence-corrected chi connectivity index (χ3v) is 2.10. The lowest BCUT2D eigenvalue weighted by Gasteiger charge is -2.09. The fraction of sp³-hybridized carbons (Fsp3) is 0.273. The molecule has 1 rings (SSSR count). The lowest BCUT2D eigenvalue weighted by Crippen LogP contribution is -1.99. The van der Waals surface area contributed by atoms with E-state index in [9.17, 15) is 0 Å². The molecular formula is C11H13ClO. The van der Waals surface area contributed by atoms with Crippen LogP contribution in [0.3, 0.4) is 0 Å². The summed E-state index contributed by atoms with van der Waals surface area (Å²) in [6, 6.07) is 5.64. The maximum absolute atomic E-state index is 5.93. The quantitative estimate of drug-likeness (QED) is 0.672. The van der Waals surface area contributed by atoms with Crippen LogP contribution in [-0.2, 0) is 0 Å². The van der Waals surface area contributed by atoms with Gasteiger partial charge in [-0.2, -0.15) is 0 Å². The normalized spacial score (nSPS) is 9.77. The summed E-state index contributed by atoms with van der Waals surface area (Å²) in [7, 11) is 0. The van der Waals surface area contributed by atoms with Crippen LogP contribution in [0.5, 0.6) is 5.75 Å². The van der Waals surface area contributed by atoms with Crippen molar-refractivity contribution in [2.45, 2.75) is 13.8 Å². The van der Waals surface area contributed by atoms with Gasteiger partial charge in [0.15, 0.2) is 0 Å². The van der Waals surface area contributed by atoms with Crippen molar-refractivity contribution in [3.63, 3.8) is 0 Å². The maximum atomic E-state index is 5.93. The summed E-state index contributed by atoms with van der Waals surface area (Å²) in [6.45, 7) is 8.18. The minimum atomic E-state index is 0.543. The second-order valence-corrected chi connectivity index (χ2v) is 3.52. The molecule has 13 heavy (non-hydrogen) atoms. The van der Waals surface area contributed by atoms with E-state index in [1.54, 1.807) is 0 Å². The maximum Gasteiger partial charge on any atom is 0.124 e. The van der Waals surface area contributed by atoms with Crippen molar-refractivity contribution in [2.24, 2.45) is 0 Å². The Morgan fingerprint density at radius 3 is 2.85 bits per heavy atom. The van der Waals surface area contributed by atoms with Gasteiger partial charge in [-0.05, 0) is 31.6 Å². The summed E-state index contributed by atoms with van der Waals surface area (Å²) in [5.74, 6) is 0.829. The van der Waals surface area contributed by atoms with Crippen LogP contribution in [-0.4, -0.2) is 6.61 Å². The SMILES string of the molecule is C=C(C)COc1cccc(Cl)c1C. The first kappa shape index (κ1) is 10.1. The monoisotopic (exact) mass is 196 g/mol. The lowest BCUT2D eigenvalue weighted by atomic mass is 10.2. The molecule has 0 N–H and O–H groups in total. The van der Waals surface area contributed by atoms with Gasteiger partial charge in [0.2, 0.25) is 0 Å². The second-order valence-electron chi connectivity index (χ2n) is 3.11. The van der Waals surface area contributed by atoms with Crippen molar-refractivity contribution in [1.82, 2.24) is 0 Å². The third kappa shape index (κ3) is 2.78. The highest BCUT2D eigenvalue weighted by atomic mass is 35.5. The zero-order valence-corrected chi connectivity index (χ0v) is 8.69. The number of benzene rings is 1. The van der Waals surface area contributed by atoms with Gasteiger partial charge in [-0.1, -0.05) is 24.2 Å². The van der Waals surface area contributed by atoms with Gasteiger partial charge in [0.1, 0.15) is 12.4 Å². The summed E-state index contributed by atoms with van der Waals surface area (Å²) >= 11 is 5.93. The molecule has 0 radical (unpaired) electrons.